The Kier molecular flexibility index (Phi) is 3.15. The van der Waals surface area contributed by atoms with E-state index in [1.165, 1.54) is 5.56 Å². The molecule has 0 atom stereocenters. The van der Waals surface area contributed by atoms with Crippen LogP contribution in [0.15, 0.2) is 47.0 Å². The summed E-state index contributed by atoms with van der Waals surface area (Å²) in [5.41, 5.74) is 6.92. The van der Waals surface area contributed by atoms with Gasteiger partial charge in [0.05, 0.1) is 5.69 Å². The number of nitrogens with zero attached hydrogens (tertiary/aromatic N) is 2. The second-order valence-corrected chi connectivity index (χ2v) is 5.95. The van der Waals surface area contributed by atoms with Gasteiger partial charge in [-0.05, 0) is 49.6 Å². The van der Waals surface area contributed by atoms with Gasteiger partial charge in [-0.15, -0.1) is 0 Å². The van der Waals surface area contributed by atoms with Crippen LogP contribution in [-0.2, 0) is 6.42 Å². The first kappa shape index (κ1) is 13.9. The minimum atomic E-state index is 0.692. The predicted molar refractivity (Wildman–Crippen MR) is 93.6 cm³/mol. The van der Waals surface area contributed by atoms with Crippen molar-refractivity contribution in [2.24, 2.45) is 0 Å². The summed E-state index contributed by atoms with van der Waals surface area (Å²) in [5.74, 6) is 0. The summed E-state index contributed by atoms with van der Waals surface area (Å²) >= 11 is 0. The molecule has 0 N–H and O–H groups in total. The van der Waals surface area contributed by atoms with Crippen LogP contribution in [0.5, 0.6) is 0 Å². The first-order chi connectivity index (χ1) is 11.2. The van der Waals surface area contributed by atoms with Gasteiger partial charge in [0.1, 0.15) is 5.58 Å². The summed E-state index contributed by atoms with van der Waals surface area (Å²) in [5, 5.41) is 2.14. The second-order valence-electron chi connectivity index (χ2n) is 5.95. The standard InChI is InChI=1S/C20H18N2O/c1-4-14-7-10-17(21-11-14)18-12(2)5-8-15-16-9-6-13(3)22-20(16)23-19(15)18/h5-11H,4H2,1-3H3. The zero-order chi connectivity index (χ0) is 16.0. The summed E-state index contributed by atoms with van der Waals surface area (Å²) in [6.07, 6.45) is 2.93. The molecule has 3 nitrogen and oxygen atoms in total. The SMILES string of the molecule is CCc1ccc(-c2c(C)ccc3c2oc2nc(C)ccc23)nc1. The molecule has 0 aliphatic heterocycles. The number of benzene rings is 1. The topological polar surface area (TPSA) is 38.9 Å². The van der Waals surface area contributed by atoms with E-state index >= 15 is 0 Å². The average molecular weight is 302 g/mol. The molecule has 3 heteroatoms. The molecule has 3 heterocycles. The van der Waals surface area contributed by atoms with E-state index in [-0.39, 0.29) is 0 Å². The third kappa shape index (κ3) is 2.20. The van der Waals surface area contributed by atoms with Crippen molar-refractivity contribution in [2.75, 3.05) is 0 Å². The number of hydrogen-bond acceptors (Lipinski definition) is 3. The fourth-order valence-electron chi connectivity index (χ4n) is 3.01. The van der Waals surface area contributed by atoms with E-state index in [9.17, 15) is 0 Å². The first-order valence-corrected chi connectivity index (χ1v) is 7.92. The minimum absolute atomic E-state index is 0.692. The molecule has 0 saturated heterocycles. The molecule has 0 saturated carbocycles. The molecule has 4 rings (SSSR count). The van der Waals surface area contributed by atoms with Crippen molar-refractivity contribution < 1.29 is 4.42 Å². The minimum Gasteiger partial charge on any atom is -0.437 e. The molecule has 114 valence electrons. The van der Waals surface area contributed by atoms with E-state index in [1.807, 2.05) is 19.2 Å². The van der Waals surface area contributed by atoms with E-state index in [0.717, 1.165) is 45.3 Å². The zero-order valence-electron chi connectivity index (χ0n) is 13.6. The maximum Gasteiger partial charge on any atom is 0.227 e. The van der Waals surface area contributed by atoms with Gasteiger partial charge in [-0.3, -0.25) is 4.98 Å². The molecule has 0 aliphatic rings. The molecule has 0 spiro atoms. The first-order valence-electron chi connectivity index (χ1n) is 7.92. The normalized spacial score (nSPS) is 11.4. The van der Waals surface area contributed by atoms with Crippen LogP contribution in [0.4, 0.5) is 0 Å². The van der Waals surface area contributed by atoms with Gasteiger partial charge >= 0.3 is 0 Å². The van der Waals surface area contributed by atoms with Gasteiger partial charge in [-0.1, -0.05) is 25.1 Å². The Bertz CT molecular complexity index is 1010. The highest BCUT2D eigenvalue weighted by molar-refractivity contribution is 6.08. The molecular formula is C20H18N2O. The average Bonchev–Trinajstić information content (AvgIpc) is 2.92. The Morgan fingerprint density at radius 3 is 2.52 bits per heavy atom. The maximum atomic E-state index is 6.11. The van der Waals surface area contributed by atoms with Gasteiger partial charge in [-0.2, -0.15) is 0 Å². The fraction of sp³-hybridized carbons (Fsp3) is 0.200. The highest BCUT2D eigenvalue weighted by Gasteiger charge is 2.16. The molecule has 4 aromatic rings. The van der Waals surface area contributed by atoms with Crippen molar-refractivity contribution in [3.63, 3.8) is 0 Å². The Balaban J connectivity index is 2.04. The number of hydrogen-bond donors (Lipinski definition) is 0. The van der Waals surface area contributed by atoms with Crippen LogP contribution in [0.2, 0.25) is 0 Å². The van der Waals surface area contributed by atoms with Crippen molar-refractivity contribution in [2.45, 2.75) is 27.2 Å². The number of pyridine rings is 2. The molecule has 0 fully saturated rings. The lowest BCUT2D eigenvalue weighted by atomic mass is 10.0. The summed E-state index contributed by atoms with van der Waals surface area (Å²) < 4.78 is 6.11. The fourth-order valence-corrected chi connectivity index (χ4v) is 3.01. The summed E-state index contributed by atoms with van der Waals surface area (Å²) in [7, 11) is 0. The molecule has 0 amide bonds. The van der Waals surface area contributed by atoms with E-state index < -0.39 is 0 Å². The number of aryl methyl sites for hydroxylation is 3. The van der Waals surface area contributed by atoms with Crippen LogP contribution in [0.1, 0.15) is 23.7 Å². The Hall–Kier alpha value is -2.68. The highest BCUT2D eigenvalue weighted by Crippen LogP contribution is 2.36. The highest BCUT2D eigenvalue weighted by atomic mass is 16.3. The number of rotatable bonds is 2. The Labute approximate surface area is 135 Å². The summed E-state index contributed by atoms with van der Waals surface area (Å²) in [6, 6.07) is 12.5. The number of aromatic nitrogens is 2. The van der Waals surface area contributed by atoms with Crippen LogP contribution < -0.4 is 0 Å². The van der Waals surface area contributed by atoms with E-state index in [0.29, 0.717) is 5.71 Å². The van der Waals surface area contributed by atoms with Gasteiger partial charge in [0.15, 0.2) is 0 Å². The van der Waals surface area contributed by atoms with Gasteiger partial charge in [0.2, 0.25) is 5.71 Å². The van der Waals surface area contributed by atoms with Gasteiger partial charge in [0, 0.05) is 28.2 Å². The van der Waals surface area contributed by atoms with Crippen LogP contribution in [0.25, 0.3) is 33.3 Å². The van der Waals surface area contributed by atoms with Gasteiger partial charge in [-0.25, -0.2) is 4.98 Å². The van der Waals surface area contributed by atoms with Gasteiger partial charge < -0.3 is 4.42 Å². The molecule has 23 heavy (non-hydrogen) atoms. The largest absolute Gasteiger partial charge is 0.437 e. The van der Waals surface area contributed by atoms with E-state index in [2.05, 4.69) is 54.1 Å². The lowest BCUT2D eigenvalue weighted by Crippen LogP contribution is -1.89. The molecule has 0 bridgehead atoms. The maximum absolute atomic E-state index is 6.11. The lowest BCUT2D eigenvalue weighted by molar-refractivity contribution is 0.653. The molecular weight excluding hydrogens is 284 g/mol. The van der Waals surface area contributed by atoms with Crippen LogP contribution >= 0.6 is 0 Å². The van der Waals surface area contributed by atoms with E-state index in [4.69, 9.17) is 4.42 Å². The number of furan rings is 1. The summed E-state index contributed by atoms with van der Waals surface area (Å²) in [6.45, 7) is 6.20. The zero-order valence-corrected chi connectivity index (χ0v) is 13.6. The van der Waals surface area contributed by atoms with Crippen molar-refractivity contribution in [1.82, 2.24) is 9.97 Å². The molecule has 0 aliphatic carbocycles. The Morgan fingerprint density at radius 2 is 1.78 bits per heavy atom. The van der Waals surface area contributed by atoms with Crippen molar-refractivity contribution in [1.29, 1.82) is 0 Å². The molecule has 0 radical (unpaired) electrons. The lowest BCUT2D eigenvalue weighted by Gasteiger charge is -2.06. The van der Waals surface area contributed by atoms with Crippen LogP contribution in [-0.4, -0.2) is 9.97 Å². The van der Waals surface area contributed by atoms with Crippen molar-refractivity contribution in [3.05, 3.63) is 59.4 Å². The predicted octanol–water partition coefficient (Wildman–Crippen LogP) is 5.22. The molecule has 1 aromatic carbocycles. The van der Waals surface area contributed by atoms with Crippen LogP contribution in [0, 0.1) is 13.8 Å². The smallest absolute Gasteiger partial charge is 0.227 e. The van der Waals surface area contributed by atoms with Crippen molar-refractivity contribution in [3.8, 4) is 11.3 Å². The van der Waals surface area contributed by atoms with Gasteiger partial charge in [0.25, 0.3) is 0 Å². The van der Waals surface area contributed by atoms with Crippen LogP contribution in [0.3, 0.4) is 0 Å². The third-order valence-electron chi connectivity index (χ3n) is 4.34. The summed E-state index contributed by atoms with van der Waals surface area (Å²) in [4.78, 5) is 9.16. The Morgan fingerprint density at radius 1 is 0.957 bits per heavy atom. The molecule has 0 unspecified atom stereocenters. The van der Waals surface area contributed by atoms with E-state index in [1.54, 1.807) is 0 Å². The second kappa shape index (κ2) is 5.20. The molecule has 3 aromatic heterocycles. The third-order valence-corrected chi connectivity index (χ3v) is 4.34. The van der Waals surface area contributed by atoms with Crippen molar-refractivity contribution >= 4 is 22.1 Å². The number of fused-ring (bicyclic) bond motifs is 3. The monoisotopic (exact) mass is 302 g/mol. The quantitative estimate of drug-likeness (QED) is 0.509.